The first kappa shape index (κ1) is 5.95. The minimum Gasteiger partial charge on any atom is -0.504 e. The van der Waals surface area contributed by atoms with Crippen LogP contribution in [-0.2, 0) is 4.74 Å². The molecule has 0 radical (unpaired) electrons. The number of aliphatic hydroxyl groups is 1. The predicted molar refractivity (Wildman–Crippen MR) is 34.7 cm³/mol. The number of hydrogen-bond acceptors (Lipinski definition) is 2. The maximum absolute atomic E-state index is 9.05. The Bertz CT molecular complexity index is 199. The van der Waals surface area contributed by atoms with Crippen molar-refractivity contribution in [2.24, 2.45) is 0 Å². The molecule has 0 atom stereocenters. The standard InChI is InChI=1S/C7H8O2/c1-5-3-4-9-6(2)7(5)8/h3-4,8H,1H2,2H3. The Balaban J connectivity index is 2.92. The van der Waals surface area contributed by atoms with E-state index in [1.54, 1.807) is 13.0 Å². The highest BCUT2D eigenvalue weighted by atomic mass is 16.5. The second-order valence-corrected chi connectivity index (χ2v) is 1.85. The zero-order chi connectivity index (χ0) is 6.85. The Kier molecular flexibility index (Phi) is 1.30. The van der Waals surface area contributed by atoms with Crippen LogP contribution in [0.25, 0.3) is 0 Å². The average Bonchev–Trinajstić information content (AvgIpc) is 1.83. The lowest BCUT2D eigenvalue weighted by atomic mass is 10.2. The summed E-state index contributed by atoms with van der Waals surface area (Å²) in [6.07, 6.45) is 3.11. The fourth-order valence-corrected chi connectivity index (χ4v) is 0.579. The van der Waals surface area contributed by atoms with E-state index in [-0.39, 0.29) is 5.76 Å². The summed E-state index contributed by atoms with van der Waals surface area (Å²) in [5, 5.41) is 9.05. The molecule has 0 bridgehead atoms. The van der Waals surface area contributed by atoms with Gasteiger partial charge in [-0.05, 0) is 13.0 Å². The van der Waals surface area contributed by atoms with Crippen molar-refractivity contribution in [2.45, 2.75) is 6.92 Å². The van der Waals surface area contributed by atoms with Gasteiger partial charge in [0, 0.05) is 5.57 Å². The lowest BCUT2D eigenvalue weighted by molar-refractivity contribution is 0.294. The molecule has 0 aliphatic carbocycles. The van der Waals surface area contributed by atoms with Gasteiger partial charge in [0.1, 0.15) is 5.76 Å². The third-order valence-electron chi connectivity index (χ3n) is 1.15. The van der Waals surface area contributed by atoms with Gasteiger partial charge in [-0.25, -0.2) is 0 Å². The fourth-order valence-electron chi connectivity index (χ4n) is 0.579. The summed E-state index contributed by atoms with van der Waals surface area (Å²) >= 11 is 0. The van der Waals surface area contributed by atoms with Gasteiger partial charge in [0.05, 0.1) is 6.26 Å². The van der Waals surface area contributed by atoms with Crippen molar-refractivity contribution < 1.29 is 9.84 Å². The predicted octanol–water partition coefficient (Wildman–Crippen LogP) is 1.88. The minimum absolute atomic E-state index is 0.137. The van der Waals surface area contributed by atoms with Gasteiger partial charge in [-0.3, -0.25) is 0 Å². The van der Waals surface area contributed by atoms with Crippen LogP contribution in [-0.4, -0.2) is 5.11 Å². The highest BCUT2D eigenvalue weighted by molar-refractivity contribution is 5.35. The molecule has 1 N–H and O–H groups in total. The number of aliphatic hydroxyl groups excluding tert-OH is 1. The molecule has 9 heavy (non-hydrogen) atoms. The number of allylic oxidation sites excluding steroid dienone is 2. The van der Waals surface area contributed by atoms with E-state index in [9.17, 15) is 0 Å². The van der Waals surface area contributed by atoms with E-state index in [4.69, 9.17) is 9.84 Å². The molecule has 48 valence electrons. The van der Waals surface area contributed by atoms with E-state index in [0.29, 0.717) is 11.3 Å². The average molecular weight is 124 g/mol. The van der Waals surface area contributed by atoms with Crippen molar-refractivity contribution >= 4 is 0 Å². The van der Waals surface area contributed by atoms with Crippen LogP contribution < -0.4 is 0 Å². The summed E-state index contributed by atoms with van der Waals surface area (Å²) in [4.78, 5) is 0. The lowest BCUT2D eigenvalue weighted by Crippen LogP contribution is -1.95. The summed E-state index contributed by atoms with van der Waals surface area (Å²) in [5.74, 6) is 0.639. The monoisotopic (exact) mass is 124 g/mol. The van der Waals surface area contributed by atoms with Crippen LogP contribution in [0.15, 0.2) is 36.0 Å². The lowest BCUT2D eigenvalue weighted by Gasteiger charge is -2.09. The summed E-state index contributed by atoms with van der Waals surface area (Å²) in [5.41, 5.74) is 0.596. The van der Waals surface area contributed by atoms with Crippen LogP contribution in [0.4, 0.5) is 0 Å². The minimum atomic E-state index is 0.137. The van der Waals surface area contributed by atoms with Crippen molar-refractivity contribution in [3.05, 3.63) is 36.0 Å². The van der Waals surface area contributed by atoms with Crippen LogP contribution in [0.1, 0.15) is 6.92 Å². The summed E-state index contributed by atoms with van der Waals surface area (Å²) in [6, 6.07) is 0. The Morgan fingerprint density at radius 1 is 1.67 bits per heavy atom. The number of ether oxygens (including phenoxy) is 1. The second kappa shape index (κ2) is 1.97. The van der Waals surface area contributed by atoms with Gasteiger partial charge in [-0.1, -0.05) is 6.58 Å². The van der Waals surface area contributed by atoms with Crippen molar-refractivity contribution in [3.8, 4) is 0 Å². The first-order valence-corrected chi connectivity index (χ1v) is 2.64. The normalized spacial score (nSPS) is 18.1. The molecule has 0 aromatic heterocycles. The molecule has 0 aromatic rings. The van der Waals surface area contributed by atoms with E-state index < -0.39 is 0 Å². The number of hydrogen-bond donors (Lipinski definition) is 1. The van der Waals surface area contributed by atoms with Crippen LogP contribution in [0.2, 0.25) is 0 Å². The molecule has 1 aliphatic rings. The number of rotatable bonds is 0. The summed E-state index contributed by atoms with van der Waals surface area (Å²) < 4.78 is 4.85. The molecular weight excluding hydrogens is 116 g/mol. The zero-order valence-electron chi connectivity index (χ0n) is 5.22. The second-order valence-electron chi connectivity index (χ2n) is 1.85. The van der Waals surface area contributed by atoms with E-state index in [0.717, 1.165) is 0 Å². The van der Waals surface area contributed by atoms with Gasteiger partial charge in [0.2, 0.25) is 0 Å². The van der Waals surface area contributed by atoms with Crippen LogP contribution in [0.5, 0.6) is 0 Å². The highest BCUT2D eigenvalue weighted by Gasteiger charge is 2.06. The molecular formula is C7H8O2. The third-order valence-corrected chi connectivity index (χ3v) is 1.15. The van der Waals surface area contributed by atoms with Gasteiger partial charge in [0.15, 0.2) is 5.76 Å². The Morgan fingerprint density at radius 3 is 2.78 bits per heavy atom. The molecule has 0 unspecified atom stereocenters. The molecule has 1 rings (SSSR count). The Labute approximate surface area is 53.8 Å². The molecule has 2 nitrogen and oxygen atoms in total. The first-order chi connectivity index (χ1) is 4.22. The van der Waals surface area contributed by atoms with Crippen molar-refractivity contribution in [1.82, 2.24) is 0 Å². The van der Waals surface area contributed by atoms with Gasteiger partial charge < -0.3 is 9.84 Å². The molecule has 1 heterocycles. The van der Waals surface area contributed by atoms with Crippen molar-refractivity contribution in [3.63, 3.8) is 0 Å². The molecule has 2 heteroatoms. The van der Waals surface area contributed by atoms with E-state index in [2.05, 4.69) is 6.58 Å². The van der Waals surface area contributed by atoms with Gasteiger partial charge in [-0.15, -0.1) is 0 Å². The smallest absolute Gasteiger partial charge is 0.160 e. The maximum Gasteiger partial charge on any atom is 0.160 e. The van der Waals surface area contributed by atoms with E-state index in [1.165, 1.54) is 6.26 Å². The SMILES string of the molecule is C=C1C=COC(C)=C1O. The summed E-state index contributed by atoms with van der Waals surface area (Å²) in [6.45, 7) is 5.26. The largest absolute Gasteiger partial charge is 0.504 e. The fraction of sp³-hybridized carbons (Fsp3) is 0.143. The van der Waals surface area contributed by atoms with Gasteiger partial charge in [0.25, 0.3) is 0 Å². The Hall–Kier alpha value is -1.18. The maximum atomic E-state index is 9.05. The van der Waals surface area contributed by atoms with Crippen molar-refractivity contribution in [1.29, 1.82) is 0 Å². The highest BCUT2D eigenvalue weighted by Crippen LogP contribution is 2.17. The molecule has 0 saturated carbocycles. The molecule has 0 amide bonds. The van der Waals surface area contributed by atoms with Crippen LogP contribution in [0.3, 0.4) is 0 Å². The van der Waals surface area contributed by atoms with Gasteiger partial charge in [-0.2, -0.15) is 0 Å². The quantitative estimate of drug-likeness (QED) is 0.534. The molecule has 1 aliphatic heterocycles. The van der Waals surface area contributed by atoms with Crippen LogP contribution in [0, 0.1) is 0 Å². The van der Waals surface area contributed by atoms with E-state index in [1.807, 2.05) is 0 Å². The Morgan fingerprint density at radius 2 is 2.33 bits per heavy atom. The molecule has 0 spiro atoms. The summed E-state index contributed by atoms with van der Waals surface area (Å²) in [7, 11) is 0. The first-order valence-electron chi connectivity index (χ1n) is 2.64. The molecule has 0 aromatic carbocycles. The van der Waals surface area contributed by atoms with Crippen molar-refractivity contribution in [2.75, 3.05) is 0 Å². The molecule has 0 saturated heterocycles. The third kappa shape index (κ3) is 0.964. The van der Waals surface area contributed by atoms with E-state index >= 15 is 0 Å². The molecule has 0 fully saturated rings. The zero-order valence-corrected chi connectivity index (χ0v) is 5.22. The van der Waals surface area contributed by atoms with Crippen LogP contribution >= 0.6 is 0 Å². The topological polar surface area (TPSA) is 29.5 Å². The van der Waals surface area contributed by atoms with Gasteiger partial charge >= 0.3 is 0 Å².